The maximum absolute atomic E-state index is 11.9. The molecule has 0 bridgehead atoms. The molecule has 1 aromatic rings. The molecule has 1 amide bonds. The number of carbonyl (C=O) groups excluding carboxylic acids is 1. The molecule has 2 N–H and O–H groups in total. The second-order valence-corrected chi connectivity index (χ2v) is 5.03. The lowest BCUT2D eigenvalue weighted by Gasteiger charge is -2.22. The minimum absolute atomic E-state index is 0.0114. The van der Waals surface area contributed by atoms with Crippen LogP contribution in [0.1, 0.15) is 50.3 Å². The van der Waals surface area contributed by atoms with Crippen LogP contribution in [-0.4, -0.2) is 17.6 Å². The Morgan fingerprint density at radius 1 is 1.44 bits per heavy atom. The van der Waals surface area contributed by atoms with Crippen molar-refractivity contribution in [2.75, 3.05) is 6.61 Å². The Labute approximate surface area is 107 Å². The SMILES string of the molecule is O=C(CC1CCCCC1)NC(CO)c1ccco1. The highest BCUT2D eigenvalue weighted by Gasteiger charge is 2.20. The summed E-state index contributed by atoms with van der Waals surface area (Å²) in [6.07, 6.45) is 8.18. The van der Waals surface area contributed by atoms with Crippen LogP contribution >= 0.6 is 0 Å². The molecule has 1 heterocycles. The fraction of sp³-hybridized carbons (Fsp3) is 0.643. The Balaban J connectivity index is 1.82. The van der Waals surface area contributed by atoms with Crippen molar-refractivity contribution in [2.45, 2.75) is 44.6 Å². The van der Waals surface area contributed by atoms with Crippen molar-refractivity contribution >= 4 is 5.91 Å². The monoisotopic (exact) mass is 251 g/mol. The van der Waals surface area contributed by atoms with Gasteiger partial charge in [-0.3, -0.25) is 4.79 Å². The van der Waals surface area contributed by atoms with Crippen LogP contribution in [0.4, 0.5) is 0 Å². The maximum atomic E-state index is 11.9. The van der Waals surface area contributed by atoms with Crippen LogP contribution in [0, 0.1) is 5.92 Å². The molecule has 4 heteroatoms. The van der Waals surface area contributed by atoms with E-state index in [2.05, 4.69) is 5.32 Å². The minimum Gasteiger partial charge on any atom is -0.467 e. The molecule has 2 rings (SSSR count). The van der Waals surface area contributed by atoms with Gasteiger partial charge >= 0.3 is 0 Å². The molecule has 1 atom stereocenters. The number of furan rings is 1. The molecular weight excluding hydrogens is 230 g/mol. The lowest BCUT2D eigenvalue weighted by molar-refractivity contribution is -0.123. The molecule has 0 aliphatic heterocycles. The molecule has 0 saturated heterocycles. The van der Waals surface area contributed by atoms with Crippen LogP contribution in [0.5, 0.6) is 0 Å². The van der Waals surface area contributed by atoms with E-state index in [1.165, 1.54) is 19.3 Å². The molecule has 100 valence electrons. The highest BCUT2D eigenvalue weighted by molar-refractivity contribution is 5.76. The zero-order chi connectivity index (χ0) is 12.8. The molecule has 1 saturated carbocycles. The zero-order valence-electron chi connectivity index (χ0n) is 10.6. The zero-order valence-corrected chi connectivity index (χ0v) is 10.6. The van der Waals surface area contributed by atoms with E-state index in [9.17, 15) is 9.90 Å². The van der Waals surface area contributed by atoms with Gasteiger partial charge in [0, 0.05) is 6.42 Å². The van der Waals surface area contributed by atoms with Gasteiger partial charge in [0.25, 0.3) is 0 Å². The highest BCUT2D eigenvalue weighted by atomic mass is 16.3. The van der Waals surface area contributed by atoms with E-state index in [1.807, 2.05) is 0 Å². The van der Waals surface area contributed by atoms with Crippen LogP contribution in [-0.2, 0) is 4.79 Å². The third-order valence-electron chi connectivity index (χ3n) is 3.60. The van der Waals surface area contributed by atoms with Crippen molar-refractivity contribution in [1.29, 1.82) is 0 Å². The van der Waals surface area contributed by atoms with Gasteiger partial charge in [0.1, 0.15) is 11.8 Å². The summed E-state index contributed by atoms with van der Waals surface area (Å²) in [5.41, 5.74) is 0. The van der Waals surface area contributed by atoms with Crippen LogP contribution in [0.2, 0.25) is 0 Å². The first-order chi connectivity index (χ1) is 8.79. The first kappa shape index (κ1) is 13.1. The average molecular weight is 251 g/mol. The number of nitrogens with one attached hydrogen (secondary N) is 1. The number of rotatable bonds is 5. The second kappa shape index (κ2) is 6.59. The quantitative estimate of drug-likeness (QED) is 0.844. The van der Waals surface area contributed by atoms with Gasteiger partial charge in [-0.25, -0.2) is 0 Å². The van der Waals surface area contributed by atoms with Gasteiger partial charge in [0.2, 0.25) is 5.91 Å². The van der Waals surface area contributed by atoms with Crippen molar-refractivity contribution in [3.63, 3.8) is 0 Å². The molecule has 1 aliphatic rings. The number of amides is 1. The van der Waals surface area contributed by atoms with Crippen LogP contribution in [0.3, 0.4) is 0 Å². The number of hydrogen-bond donors (Lipinski definition) is 2. The van der Waals surface area contributed by atoms with E-state index in [0.29, 0.717) is 18.1 Å². The molecule has 1 unspecified atom stereocenters. The van der Waals surface area contributed by atoms with Gasteiger partial charge in [-0.1, -0.05) is 19.3 Å². The molecular formula is C14H21NO3. The number of hydrogen-bond acceptors (Lipinski definition) is 3. The molecule has 0 spiro atoms. The Hall–Kier alpha value is -1.29. The van der Waals surface area contributed by atoms with E-state index in [4.69, 9.17) is 4.42 Å². The first-order valence-electron chi connectivity index (χ1n) is 6.73. The lowest BCUT2D eigenvalue weighted by atomic mass is 9.87. The van der Waals surface area contributed by atoms with Gasteiger partial charge in [-0.15, -0.1) is 0 Å². The molecule has 0 aromatic carbocycles. The van der Waals surface area contributed by atoms with Gasteiger partial charge in [0.15, 0.2) is 0 Å². The number of carbonyl (C=O) groups is 1. The van der Waals surface area contributed by atoms with E-state index in [0.717, 1.165) is 12.8 Å². The molecule has 0 radical (unpaired) electrons. The standard InChI is InChI=1S/C14H21NO3/c16-10-12(13-7-4-8-18-13)15-14(17)9-11-5-2-1-3-6-11/h4,7-8,11-12,16H,1-3,5-6,9-10H2,(H,15,17). The summed E-state index contributed by atoms with van der Waals surface area (Å²) >= 11 is 0. The predicted octanol–water partition coefficient (Wildman–Crippen LogP) is 2.40. The van der Waals surface area contributed by atoms with E-state index < -0.39 is 6.04 Å². The summed E-state index contributed by atoms with van der Waals surface area (Å²) in [6, 6.07) is 3.10. The predicted molar refractivity (Wildman–Crippen MR) is 67.9 cm³/mol. The van der Waals surface area contributed by atoms with E-state index >= 15 is 0 Å². The van der Waals surface area contributed by atoms with Gasteiger partial charge in [-0.05, 0) is 30.9 Å². The topological polar surface area (TPSA) is 62.5 Å². The third kappa shape index (κ3) is 3.60. The van der Waals surface area contributed by atoms with Crippen molar-refractivity contribution in [2.24, 2.45) is 5.92 Å². The van der Waals surface area contributed by atoms with Crippen LogP contribution < -0.4 is 5.32 Å². The number of aliphatic hydroxyl groups excluding tert-OH is 1. The summed E-state index contributed by atoms with van der Waals surface area (Å²) in [5.74, 6) is 1.13. The summed E-state index contributed by atoms with van der Waals surface area (Å²) in [6.45, 7) is -0.135. The summed E-state index contributed by atoms with van der Waals surface area (Å²) in [4.78, 5) is 11.9. The normalized spacial score (nSPS) is 18.5. The molecule has 1 fully saturated rings. The summed E-state index contributed by atoms with van der Waals surface area (Å²) in [7, 11) is 0. The minimum atomic E-state index is -0.420. The highest BCUT2D eigenvalue weighted by Crippen LogP contribution is 2.26. The average Bonchev–Trinajstić information content (AvgIpc) is 2.91. The van der Waals surface area contributed by atoms with Crippen molar-refractivity contribution in [1.82, 2.24) is 5.32 Å². The smallest absolute Gasteiger partial charge is 0.220 e. The molecule has 1 aromatic heterocycles. The molecule has 4 nitrogen and oxygen atoms in total. The Morgan fingerprint density at radius 2 is 2.22 bits per heavy atom. The van der Waals surface area contributed by atoms with Crippen molar-refractivity contribution in [3.05, 3.63) is 24.2 Å². The van der Waals surface area contributed by atoms with Crippen LogP contribution in [0.15, 0.2) is 22.8 Å². The second-order valence-electron chi connectivity index (χ2n) is 5.03. The van der Waals surface area contributed by atoms with Crippen molar-refractivity contribution in [3.8, 4) is 0 Å². The molecule has 1 aliphatic carbocycles. The van der Waals surface area contributed by atoms with Crippen LogP contribution in [0.25, 0.3) is 0 Å². The summed E-state index contributed by atoms with van der Waals surface area (Å²) in [5, 5.41) is 12.1. The Bertz CT molecular complexity index is 355. The van der Waals surface area contributed by atoms with E-state index in [-0.39, 0.29) is 12.5 Å². The van der Waals surface area contributed by atoms with Crippen molar-refractivity contribution < 1.29 is 14.3 Å². The summed E-state index contributed by atoms with van der Waals surface area (Å²) < 4.78 is 5.20. The largest absolute Gasteiger partial charge is 0.467 e. The molecule has 18 heavy (non-hydrogen) atoms. The van der Waals surface area contributed by atoms with Gasteiger partial charge in [-0.2, -0.15) is 0 Å². The fourth-order valence-electron chi connectivity index (χ4n) is 2.60. The fourth-order valence-corrected chi connectivity index (χ4v) is 2.60. The van der Waals surface area contributed by atoms with E-state index in [1.54, 1.807) is 18.4 Å². The third-order valence-corrected chi connectivity index (χ3v) is 3.60. The lowest BCUT2D eigenvalue weighted by Crippen LogP contribution is -2.32. The first-order valence-corrected chi connectivity index (χ1v) is 6.73. The van der Waals surface area contributed by atoms with Gasteiger partial charge < -0.3 is 14.8 Å². The Morgan fingerprint density at radius 3 is 2.83 bits per heavy atom. The van der Waals surface area contributed by atoms with Gasteiger partial charge in [0.05, 0.1) is 12.9 Å². The Kier molecular flexibility index (Phi) is 4.81. The number of aliphatic hydroxyl groups is 1. The maximum Gasteiger partial charge on any atom is 0.220 e.